The molecule has 0 radical (unpaired) electrons. The summed E-state index contributed by atoms with van der Waals surface area (Å²) < 4.78 is 4.91. The summed E-state index contributed by atoms with van der Waals surface area (Å²) in [5.74, 6) is 0. The summed E-state index contributed by atoms with van der Waals surface area (Å²) in [6.07, 6.45) is -0.449. The van der Waals surface area contributed by atoms with Crippen molar-refractivity contribution in [3.63, 3.8) is 0 Å². The zero-order chi connectivity index (χ0) is 10.2. The fraction of sp³-hybridized carbons (Fsp3) is 0.200. The van der Waals surface area contributed by atoms with Crippen LogP contribution in [0.1, 0.15) is 5.56 Å². The number of benzene rings is 1. The summed E-state index contributed by atoms with van der Waals surface area (Å²) in [6.45, 7) is 0.632. The van der Waals surface area contributed by atoms with Crippen molar-refractivity contribution in [2.75, 3.05) is 6.54 Å². The number of hydrogen-bond acceptors (Lipinski definition) is 3. The summed E-state index contributed by atoms with van der Waals surface area (Å²) >= 11 is 4.55. The van der Waals surface area contributed by atoms with Gasteiger partial charge >= 0.3 is 6.09 Å². The van der Waals surface area contributed by atoms with Gasteiger partial charge in [-0.1, -0.05) is 42.5 Å². The molecule has 1 amide bonds. The number of carbonyl (C=O) groups is 1. The van der Waals surface area contributed by atoms with E-state index in [0.29, 0.717) is 6.54 Å². The van der Waals surface area contributed by atoms with Crippen LogP contribution in [0.15, 0.2) is 30.3 Å². The summed E-state index contributed by atoms with van der Waals surface area (Å²) in [5.41, 5.74) is 0.963. The minimum atomic E-state index is -0.449. The molecule has 0 saturated heterocycles. The van der Waals surface area contributed by atoms with Crippen LogP contribution in [-0.4, -0.2) is 18.0 Å². The highest BCUT2D eigenvalue weighted by molar-refractivity contribution is 7.79. The van der Waals surface area contributed by atoms with Crippen LogP contribution in [0.4, 0.5) is 4.79 Å². The second kappa shape index (κ2) is 6.10. The largest absolute Gasteiger partial charge is 0.445 e. The fourth-order valence-electron chi connectivity index (χ4n) is 0.899. The molecule has 1 N–H and O–H groups in total. The van der Waals surface area contributed by atoms with Crippen molar-refractivity contribution in [2.45, 2.75) is 6.61 Å². The van der Waals surface area contributed by atoms with E-state index < -0.39 is 6.09 Å². The maximum Gasteiger partial charge on any atom is 0.407 e. The van der Waals surface area contributed by atoms with Crippen LogP contribution < -0.4 is 5.32 Å². The molecule has 3 nitrogen and oxygen atoms in total. The highest BCUT2D eigenvalue weighted by atomic mass is 32.1. The van der Waals surface area contributed by atoms with Gasteiger partial charge in [0, 0.05) is 6.54 Å². The lowest BCUT2D eigenvalue weighted by molar-refractivity contribution is 0.141. The fourth-order valence-corrected chi connectivity index (χ4v) is 0.982. The highest BCUT2D eigenvalue weighted by Crippen LogP contribution is 1.99. The van der Waals surface area contributed by atoms with Crippen molar-refractivity contribution in [3.05, 3.63) is 35.9 Å². The Morgan fingerprint density at radius 1 is 1.43 bits per heavy atom. The zero-order valence-electron chi connectivity index (χ0n) is 7.60. The average Bonchev–Trinajstić information content (AvgIpc) is 2.25. The van der Waals surface area contributed by atoms with Crippen molar-refractivity contribution < 1.29 is 9.53 Å². The van der Waals surface area contributed by atoms with Crippen LogP contribution in [-0.2, 0) is 11.3 Å². The molecular formula is C10H11NO2S. The highest BCUT2D eigenvalue weighted by Gasteiger charge is 1.99. The molecule has 0 atom stereocenters. The van der Waals surface area contributed by atoms with Gasteiger partial charge in [-0.15, -0.1) is 0 Å². The molecule has 0 spiro atoms. The first kappa shape index (κ1) is 10.7. The van der Waals surface area contributed by atoms with Gasteiger partial charge in [-0.25, -0.2) is 4.79 Å². The number of rotatable bonds is 4. The topological polar surface area (TPSA) is 38.3 Å². The average molecular weight is 209 g/mol. The standard InChI is InChI=1S/C10H11NO2S/c12-10(11-6-7-14)13-8-9-4-2-1-3-5-9/h1-5,7H,6,8H2,(H,11,12). The monoisotopic (exact) mass is 209 g/mol. The molecule has 1 aromatic rings. The van der Waals surface area contributed by atoms with Crippen molar-refractivity contribution in [1.29, 1.82) is 0 Å². The predicted molar refractivity (Wildman–Crippen MR) is 58.3 cm³/mol. The van der Waals surface area contributed by atoms with E-state index in [2.05, 4.69) is 17.5 Å². The summed E-state index contributed by atoms with van der Waals surface area (Å²) in [5, 5.41) is 3.92. The Labute approximate surface area is 88.1 Å². The second-order valence-corrected chi connectivity index (χ2v) is 2.94. The van der Waals surface area contributed by atoms with E-state index in [0.717, 1.165) is 5.56 Å². The molecule has 0 aliphatic carbocycles. The molecule has 0 bridgehead atoms. The number of alkyl carbamates (subject to hydrolysis) is 1. The van der Waals surface area contributed by atoms with Crippen molar-refractivity contribution in [3.8, 4) is 0 Å². The number of ether oxygens (including phenoxy) is 1. The molecule has 14 heavy (non-hydrogen) atoms. The van der Waals surface area contributed by atoms with Gasteiger partial charge in [0.25, 0.3) is 0 Å². The lowest BCUT2D eigenvalue weighted by Crippen LogP contribution is -2.25. The molecule has 0 unspecified atom stereocenters. The summed E-state index contributed by atoms with van der Waals surface area (Å²) in [4.78, 5) is 11.0. The van der Waals surface area contributed by atoms with Gasteiger partial charge in [-0.2, -0.15) is 0 Å². The van der Waals surface area contributed by atoms with E-state index in [1.807, 2.05) is 30.3 Å². The first-order valence-electron chi connectivity index (χ1n) is 4.21. The Kier molecular flexibility index (Phi) is 4.64. The van der Waals surface area contributed by atoms with E-state index in [9.17, 15) is 4.79 Å². The first-order valence-corrected chi connectivity index (χ1v) is 4.68. The normalized spacial score (nSPS) is 9.14. The molecule has 1 rings (SSSR count). The summed E-state index contributed by atoms with van der Waals surface area (Å²) in [7, 11) is 0. The smallest absolute Gasteiger partial charge is 0.407 e. The van der Waals surface area contributed by atoms with Crippen LogP contribution in [0.5, 0.6) is 0 Å². The summed E-state index contributed by atoms with van der Waals surface area (Å²) in [6, 6.07) is 9.50. The van der Waals surface area contributed by atoms with Gasteiger partial charge < -0.3 is 10.1 Å². The van der Waals surface area contributed by atoms with Crippen LogP contribution >= 0.6 is 12.2 Å². The Morgan fingerprint density at radius 3 is 2.79 bits per heavy atom. The minimum Gasteiger partial charge on any atom is -0.445 e. The van der Waals surface area contributed by atoms with Crippen molar-refractivity contribution in [1.82, 2.24) is 5.32 Å². The van der Waals surface area contributed by atoms with E-state index in [4.69, 9.17) is 4.74 Å². The van der Waals surface area contributed by atoms with Crippen molar-refractivity contribution >= 4 is 23.7 Å². The Hall–Kier alpha value is -1.42. The van der Waals surface area contributed by atoms with E-state index in [1.165, 1.54) is 5.37 Å². The number of hydrogen-bond donors (Lipinski definition) is 1. The molecule has 0 aliphatic heterocycles. The number of nitrogens with one attached hydrogen (secondary N) is 1. The van der Waals surface area contributed by atoms with Crippen LogP contribution in [0.3, 0.4) is 0 Å². The van der Waals surface area contributed by atoms with E-state index >= 15 is 0 Å². The van der Waals surface area contributed by atoms with Gasteiger partial charge in [-0.05, 0) is 10.9 Å². The maximum atomic E-state index is 11.0. The molecule has 0 heterocycles. The Morgan fingerprint density at radius 2 is 2.14 bits per heavy atom. The van der Waals surface area contributed by atoms with Gasteiger partial charge in [0.05, 0.1) is 0 Å². The molecule has 1 aromatic carbocycles. The third-order valence-corrected chi connectivity index (χ3v) is 1.71. The number of amides is 1. The lowest BCUT2D eigenvalue weighted by Gasteiger charge is -2.04. The SMILES string of the molecule is O=C(NCC=S)OCc1ccccc1. The van der Waals surface area contributed by atoms with Gasteiger partial charge in [0.15, 0.2) is 0 Å². The third kappa shape index (κ3) is 4.00. The van der Waals surface area contributed by atoms with E-state index in [1.54, 1.807) is 0 Å². The van der Waals surface area contributed by atoms with Gasteiger partial charge in [0.2, 0.25) is 0 Å². The number of carbonyl (C=O) groups excluding carboxylic acids is 1. The third-order valence-electron chi connectivity index (χ3n) is 1.54. The van der Waals surface area contributed by atoms with Crippen LogP contribution in [0.25, 0.3) is 0 Å². The molecule has 74 valence electrons. The quantitative estimate of drug-likeness (QED) is 0.770. The van der Waals surface area contributed by atoms with Crippen LogP contribution in [0.2, 0.25) is 0 Å². The van der Waals surface area contributed by atoms with Gasteiger partial charge in [-0.3, -0.25) is 0 Å². The zero-order valence-corrected chi connectivity index (χ0v) is 8.42. The molecule has 0 aromatic heterocycles. The minimum absolute atomic E-state index is 0.282. The second-order valence-electron chi connectivity index (χ2n) is 2.61. The van der Waals surface area contributed by atoms with Gasteiger partial charge in [0.1, 0.15) is 6.61 Å². The maximum absolute atomic E-state index is 11.0. The van der Waals surface area contributed by atoms with E-state index in [-0.39, 0.29) is 6.61 Å². The Bertz CT molecular complexity index is 300. The predicted octanol–water partition coefficient (Wildman–Crippen LogP) is 1.91. The Balaban J connectivity index is 2.27. The first-order chi connectivity index (χ1) is 6.83. The number of thiocarbonyl (C=S) groups is 1. The molecule has 0 saturated carbocycles. The molecule has 4 heteroatoms. The molecule has 0 fully saturated rings. The van der Waals surface area contributed by atoms with Crippen molar-refractivity contribution in [2.24, 2.45) is 0 Å². The molecule has 0 aliphatic rings. The molecular weight excluding hydrogens is 198 g/mol. The lowest BCUT2D eigenvalue weighted by atomic mass is 10.2. The van der Waals surface area contributed by atoms with Crippen LogP contribution in [0, 0.1) is 0 Å².